The molecule has 1 aliphatic rings. The molecule has 9 heteroatoms. The van der Waals surface area contributed by atoms with Gasteiger partial charge in [-0.05, 0) is 31.0 Å². The van der Waals surface area contributed by atoms with Crippen LogP contribution in [0.25, 0.3) is 0 Å². The average Bonchev–Trinajstić information content (AvgIpc) is 2.52. The summed E-state index contributed by atoms with van der Waals surface area (Å²) in [5, 5.41) is 14.3. The highest BCUT2D eigenvalue weighted by Crippen LogP contribution is 2.29. The summed E-state index contributed by atoms with van der Waals surface area (Å²) in [6, 6.07) is 3.90. The van der Waals surface area contributed by atoms with Gasteiger partial charge in [-0.1, -0.05) is 0 Å². The van der Waals surface area contributed by atoms with E-state index >= 15 is 0 Å². The molecule has 0 aromatic heterocycles. The summed E-state index contributed by atoms with van der Waals surface area (Å²) < 4.78 is 27.6. The summed E-state index contributed by atoms with van der Waals surface area (Å²) >= 11 is 0. The number of nitrogens with two attached hydrogens (primary N) is 1. The highest BCUT2D eigenvalue weighted by atomic mass is 32.2. The Kier molecular flexibility index (Phi) is 4.90. The molecule has 1 aliphatic heterocycles. The second-order valence-corrected chi connectivity index (χ2v) is 6.90. The number of methoxy groups -OCH3 is 1. The topological polar surface area (TPSA) is 127 Å². The van der Waals surface area contributed by atoms with Crippen molar-refractivity contribution in [2.45, 2.75) is 17.7 Å². The number of piperidine rings is 1. The van der Waals surface area contributed by atoms with Crippen LogP contribution in [0.15, 0.2) is 23.1 Å². The summed E-state index contributed by atoms with van der Waals surface area (Å²) in [5.41, 5.74) is 0.486. The van der Waals surface area contributed by atoms with Gasteiger partial charge in [0.2, 0.25) is 10.0 Å². The number of carbonyl (C=O) groups is 2. The van der Waals surface area contributed by atoms with Crippen LogP contribution in [0.1, 0.15) is 23.2 Å². The molecule has 1 aromatic carbocycles. The molecule has 2 rings (SSSR count). The minimum absolute atomic E-state index is 0.0464. The lowest BCUT2D eigenvalue weighted by molar-refractivity contribution is -0.141. The highest BCUT2D eigenvalue weighted by molar-refractivity contribution is 7.89. The molecule has 1 heterocycles. The Morgan fingerprint density at radius 2 is 2.09 bits per heavy atom. The van der Waals surface area contributed by atoms with Crippen molar-refractivity contribution in [3.8, 4) is 0 Å². The second-order valence-electron chi connectivity index (χ2n) is 5.34. The number of carbonyl (C=O) groups excluding carboxylic acids is 1. The maximum absolute atomic E-state index is 12.0. The fraction of sp³-hybridized carbons (Fsp3) is 0.429. The zero-order chi connectivity index (χ0) is 17.2. The van der Waals surface area contributed by atoms with Crippen molar-refractivity contribution >= 4 is 27.6 Å². The van der Waals surface area contributed by atoms with E-state index in [2.05, 4.69) is 0 Å². The number of sulfonamides is 1. The van der Waals surface area contributed by atoms with Gasteiger partial charge in [0.1, 0.15) is 0 Å². The highest BCUT2D eigenvalue weighted by Gasteiger charge is 2.28. The van der Waals surface area contributed by atoms with Crippen LogP contribution in [-0.4, -0.2) is 45.7 Å². The summed E-state index contributed by atoms with van der Waals surface area (Å²) in [5.74, 6) is -2.13. The molecule has 0 spiro atoms. The average molecular weight is 342 g/mol. The summed E-state index contributed by atoms with van der Waals surface area (Å²) in [6.45, 7) is 0.816. The maximum Gasteiger partial charge on any atom is 0.340 e. The Labute approximate surface area is 133 Å². The molecule has 1 unspecified atom stereocenters. The largest absolute Gasteiger partial charge is 0.481 e. The third kappa shape index (κ3) is 3.80. The van der Waals surface area contributed by atoms with E-state index in [1.807, 2.05) is 0 Å². The number of carboxylic acids is 1. The Hall–Kier alpha value is -2.13. The van der Waals surface area contributed by atoms with E-state index in [1.54, 1.807) is 4.90 Å². The van der Waals surface area contributed by atoms with Crippen molar-refractivity contribution in [2.24, 2.45) is 11.1 Å². The number of anilines is 1. The van der Waals surface area contributed by atoms with Crippen molar-refractivity contribution in [2.75, 3.05) is 25.1 Å². The number of benzene rings is 1. The number of ether oxygens (including phenoxy) is 1. The fourth-order valence-corrected chi connectivity index (χ4v) is 3.18. The number of rotatable bonds is 4. The smallest absolute Gasteiger partial charge is 0.340 e. The zero-order valence-corrected chi connectivity index (χ0v) is 13.4. The van der Waals surface area contributed by atoms with Crippen LogP contribution in [0.2, 0.25) is 0 Å². The van der Waals surface area contributed by atoms with E-state index in [-0.39, 0.29) is 17.0 Å². The summed E-state index contributed by atoms with van der Waals surface area (Å²) in [4.78, 5) is 24.7. The Balaban J connectivity index is 2.45. The van der Waals surface area contributed by atoms with Gasteiger partial charge < -0.3 is 14.7 Å². The normalized spacial score (nSPS) is 18.5. The number of primary sulfonamides is 1. The second kappa shape index (κ2) is 6.55. The van der Waals surface area contributed by atoms with E-state index in [1.165, 1.54) is 19.2 Å². The molecule has 8 nitrogen and oxygen atoms in total. The predicted molar refractivity (Wildman–Crippen MR) is 81.7 cm³/mol. The molecule has 0 amide bonds. The van der Waals surface area contributed by atoms with Crippen LogP contribution in [0.4, 0.5) is 5.69 Å². The van der Waals surface area contributed by atoms with Crippen LogP contribution in [0.3, 0.4) is 0 Å². The molecule has 23 heavy (non-hydrogen) atoms. The molecule has 0 radical (unpaired) electrons. The summed E-state index contributed by atoms with van der Waals surface area (Å²) in [7, 11) is -2.77. The standard InChI is InChI=1S/C14H18N2O6S/c1-22-14(19)11-7-10(23(15,20)21)4-5-12(11)16-6-2-3-9(8-16)13(17)18/h4-5,7,9H,2-3,6,8H2,1H3,(H,17,18)(H2,15,20,21). The van der Waals surface area contributed by atoms with Crippen LogP contribution in [0.5, 0.6) is 0 Å². The first-order valence-corrected chi connectivity index (χ1v) is 8.51. The first-order valence-electron chi connectivity index (χ1n) is 6.97. The van der Waals surface area contributed by atoms with E-state index < -0.39 is 27.9 Å². The number of carboxylic acid groups (broad SMARTS) is 1. The fourth-order valence-electron chi connectivity index (χ4n) is 2.64. The molecular formula is C14H18N2O6S. The molecule has 126 valence electrons. The Morgan fingerprint density at radius 1 is 1.39 bits per heavy atom. The zero-order valence-electron chi connectivity index (χ0n) is 12.6. The van der Waals surface area contributed by atoms with Gasteiger partial charge in [0.05, 0.1) is 29.2 Å². The van der Waals surface area contributed by atoms with E-state index in [0.717, 1.165) is 6.07 Å². The van der Waals surface area contributed by atoms with Gasteiger partial charge in [0.25, 0.3) is 0 Å². The number of hydrogen-bond acceptors (Lipinski definition) is 6. The quantitative estimate of drug-likeness (QED) is 0.759. The number of esters is 1. The van der Waals surface area contributed by atoms with Crippen molar-refractivity contribution in [3.63, 3.8) is 0 Å². The molecule has 1 atom stereocenters. The van der Waals surface area contributed by atoms with Crippen LogP contribution >= 0.6 is 0 Å². The van der Waals surface area contributed by atoms with Crippen molar-refractivity contribution in [3.05, 3.63) is 23.8 Å². The Bertz CT molecular complexity index is 731. The van der Waals surface area contributed by atoms with Gasteiger partial charge in [-0.2, -0.15) is 0 Å². The molecule has 0 bridgehead atoms. The first kappa shape index (κ1) is 17.2. The third-order valence-electron chi connectivity index (χ3n) is 3.81. The van der Waals surface area contributed by atoms with Crippen LogP contribution in [-0.2, 0) is 19.6 Å². The minimum Gasteiger partial charge on any atom is -0.481 e. The van der Waals surface area contributed by atoms with E-state index in [4.69, 9.17) is 15.0 Å². The lowest BCUT2D eigenvalue weighted by Crippen LogP contribution is -2.39. The minimum atomic E-state index is -3.96. The number of hydrogen-bond donors (Lipinski definition) is 2. The first-order chi connectivity index (χ1) is 10.7. The van der Waals surface area contributed by atoms with Crippen LogP contribution in [0, 0.1) is 5.92 Å². The molecule has 1 fully saturated rings. The lowest BCUT2D eigenvalue weighted by atomic mass is 9.97. The number of aliphatic carboxylic acids is 1. The van der Waals surface area contributed by atoms with Crippen molar-refractivity contribution in [1.82, 2.24) is 0 Å². The van der Waals surface area contributed by atoms with Gasteiger partial charge >= 0.3 is 11.9 Å². The SMILES string of the molecule is COC(=O)c1cc(S(N)(=O)=O)ccc1N1CCCC(C(=O)O)C1. The molecule has 0 aliphatic carbocycles. The molecule has 3 N–H and O–H groups in total. The maximum atomic E-state index is 12.0. The van der Waals surface area contributed by atoms with E-state index in [0.29, 0.717) is 25.1 Å². The van der Waals surface area contributed by atoms with Gasteiger partial charge in [-0.15, -0.1) is 0 Å². The van der Waals surface area contributed by atoms with Crippen molar-refractivity contribution < 1.29 is 27.9 Å². The molecular weight excluding hydrogens is 324 g/mol. The van der Waals surface area contributed by atoms with Gasteiger partial charge in [-0.3, -0.25) is 4.79 Å². The van der Waals surface area contributed by atoms with Crippen LogP contribution < -0.4 is 10.0 Å². The van der Waals surface area contributed by atoms with Gasteiger partial charge in [0.15, 0.2) is 0 Å². The predicted octanol–water partition coefficient (Wildman–Crippen LogP) is 0.422. The third-order valence-corrected chi connectivity index (χ3v) is 4.72. The molecule has 0 saturated carbocycles. The number of nitrogens with zero attached hydrogens (tertiary/aromatic N) is 1. The van der Waals surface area contributed by atoms with Gasteiger partial charge in [-0.25, -0.2) is 18.4 Å². The summed E-state index contributed by atoms with van der Waals surface area (Å²) in [6.07, 6.45) is 1.23. The van der Waals surface area contributed by atoms with Gasteiger partial charge in [0, 0.05) is 13.1 Å². The van der Waals surface area contributed by atoms with E-state index in [9.17, 15) is 18.0 Å². The lowest BCUT2D eigenvalue weighted by Gasteiger charge is -2.33. The molecule has 1 saturated heterocycles. The van der Waals surface area contributed by atoms with Crippen molar-refractivity contribution in [1.29, 1.82) is 0 Å². The monoisotopic (exact) mass is 342 g/mol. The molecule has 1 aromatic rings. The Morgan fingerprint density at radius 3 is 2.65 bits per heavy atom.